The van der Waals surface area contributed by atoms with Crippen LogP contribution >= 0.6 is 11.6 Å². The fraction of sp³-hybridized carbons (Fsp3) is 0.0769. The highest BCUT2D eigenvalue weighted by atomic mass is 35.5. The zero-order valence-corrected chi connectivity index (χ0v) is 19.0. The van der Waals surface area contributed by atoms with Crippen molar-refractivity contribution >= 4 is 34.1 Å². The Morgan fingerprint density at radius 1 is 0.912 bits per heavy atom. The van der Waals surface area contributed by atoms with E-state index in [-0.39, 0.29) is 17.8 Å². The molecule has 0 unspecified atom stereocenters. The number of nitrogens with zero attached hydrogens (tertiary/aromatic N) is 4. The van der Waals surface area contributed by atoms with Crippen LogP contribution in [0.2, 0.25) is 5.02 Å². The van der Waals surface area contributed by atoms with Crippen molar-refractivity contribution in [1.29, 1.82) is 0 Å². The molecule has 0 saturated heterocycles. The summed E-state index contributed by atoms with van der Waals surface area (Å²) in [6.07, 6.45) is 0. The van der Waals surface area contributed by atoms with Crippen molar-refractivity contribution < 1.29 is 4.79 Å². The Morgan fingerprint density at radius 3 is 2.41 bits per heavy atom. The molecule has 8 heteroatoms. The molecule has 168 valence electrons. The predicted octanol–water partition coefficient (Wildman–Crippen LogP) is 4.84. The van der Waals surface area contributed by atoms with Crippen molar-refractivity contribution in [2.75, 3.05) is 5.32 Å². The molecule has 1 N–H and O–H groups in total. The van der Waals surface area contributed by atoms with E-state index in [1.54, 1.807) is 47.1 Å². The summed E-state index contributed by atoms with van der Waals surface area (Å²) in [6, 6.07) is 25.5. The summed E-state index contributed by atoms with van der Waals surface area (Å²) in [5.41, 5.74) is 2.25. The molecule has 2 aromatic heterocycles. The number of aryl methyl sites for hydroxylation is 1. The summed E-state index contributed by atoms with van der Waals surface area (Å²) in [5.74, 6) is 0.0256. The van der Waals surface area contributed by atoms with Crippen LogP contribution in [0, 0.1) is 6.92 Å². The van der Waals surface area contributed by atoms with Gasteiger partial charge in [0.05, 0.1) is 23.3 Å². The van der Waals surface area contributed by atoms with E-state index in [4.69, 9.17) is 11.6 Å². The van der Waals surface area contributed by atoms with Gasteiger partial charge in [-0.1, -0.05) is 66.2 Å². The fourth-order valence-corrected chi connectivity index (χ4v) is 4.02. The minimum absolute atomic E-state index is 0.155. The summed E-state index contributed by atoms with van der Waals surface area (Å²) in [4.78, 5) is 26.5. The lowest BCUT2D eigenvalue weighted by atomic mass is 10.1. The first kappa shape index (κ1) is 21.6. The quantitative estimate of drug-likeness (QED) is 0.399. The molecule has 1 amide bonds. The molecule has 0 saturated carbocycles. The molecule has 0 aliphatic heterocycles. The lowest BCUT2D eigenvalue weighted by molar-refractivity contribution is 0.102. The number of hydrogen-bond donors (Lipinski definition) is 1. The van der Waals surface area contributed by atoms with Crippen molar-refractivity contribution in [2.24, 2.45) is 0 Å². The molecule has 2 heterocycles. The molecule has 0 bridgehead atoms. The lowest BCUT2D eigenvalue weighted by Crippen LogP contribution is -2.28. The van der Waals surface area contributed by atoms with Gasteiger partial charge in [0.2, 0.25) is 0 Å². The molecule has 34 heavy (non-hydrogen) atoms. The van der Waals surface area contributed by atoms with Crippen LogP contribution in [0.25, 0.3) is 16.5 Å². The average Bonchev–Trinajstić information content (AvgIpc) is 3.21. The Bertz CT molecular complexity index is 1570. The van der Waals surface area contributed by atoms with Crippen LogP contribution in [0.1, 0.15) is 21.7 Å². The van der Waals surface area contributed by atoms with Gasteiger partial charge in [0.15, 0.2) is 5.69 Å². The Morgan fingerprint density at radius 2 is 1.65 bits per heavy atom. The normalized spacial score (nSPS) is 11.0. The number of rotatable bonds is 5. The summed E-state index contributed by atoms with van der Waals surface area (Å²) < 4.78 is 2.94. The van der Waals surface area contributed by atoms with Gasteiger partial charge in [0.25, 0.3) is 11.5 Å². The van der Waals surface area contributed by atoms with Crippen molar-refractivity contribution in [3.8, 4) is 5.69 Å². The van der Waals surface area contributed by atoms with Gasteiger partial charge in [-0.2, -0.15) is 10.2 Å². The number of anilines is 1. The second-order valence-corrected chi connectivity index (χ2v) is 8.30. The first-order valence-corrected chi connectivity index (χ1v) is 11.0. The molecule has 0 aliphatic rings. The summed E-state index contributed by atoms with van der Waals surface area (Å²) >= 11 is 6.15. The van der Waals surface area contributed by atoms with Crippen LogP contribution in [0.5, 0.6) is 0 Å². The monoisotopic (exact) mass is 469 g/mol. The van der Waals surface area contributed by atoms with E-state index in [2.05, 4.69) is 15.5 Å². The van der Waals surface area contributed by atoms with Gasteiger partial charge in [-0.25, -0.2) is 9.36 Å². The van der Waals surface area contributed by atoms with Gasteiger partial charge >= 0.3 is 0 Å². The van der Waals surface area contributed by atoms with Crippen molar-refractivity contribution in [3.63, 3.8) is 0 Å². The van der Waals surface area contributed by atoms with Crippen molar-refractivity contribution in [3.05, 3.63) is 117 Å². The molecular weight excluding hydrogens is 450 g/mol. The van der Waals surface area contributed by atoms with Gasteiger partial charge in [-0.3, -0.25) is 9.59 Å². The van der Waals surface area contributed by atoms with Crippen LogP contribution in [0.3, 0.4) is 0 Å². The molecule has 5 aromatic rings. The third-order valence-electron chi connectivity index (χ3n) is 5.38. The molecule has 0 aliphatic carbocycles. The first-order chi connectivity index (χ1) is 16.5. The van der Waals surface area contributed by atoms with E-state index in [0.29, 0.717) is 27.3 Å². The van der Waals surface area contributed by atoms with Crippen LogP contribution in [-0.4, -0.2) is 25.5 Å². The number of carbonyl (C=O) groups is 1. The Kier molecular flexibility index (Phi) is 5.69. The van der Waals surface area contributed by atoms with E-state index in [1.165, 1.54) is 4.68 Å². The van der Waals surface area contributed by atoms with E-state index >= 15 is 0 Å². The highest BCUT2D eigenvalue weighted by molar-refractivity contribution is 6.30. The number of nitrogens with one attached hydrogen (secondary N) is 1. The summed E-state index contributed by atoms with van der Waals surface area (Å²) in [6.45, 7) is 2.09. The summed E-state index contributed by atoms with van der Waals surface area (Å²) in [7, 11) is 0. The van der Waals surface area contributed by atoms with Crippen molar-refractivity contribution in [1.82, 2.24) is 19.6 Å². The SMILES string of the molecule is Cc1cc(NC(=O)c2nn(Cc3ccccc3)c(=O)c3ccccc23)n(-c2cccc(Cl)c2)n1. The van der Waals surface area contributed by atoms with E-state index in [9.17, 15) is 9.59 Å². The molecule has 0 spiro atoms. The highest BCUT2D eigenvalue weighted by Gasteiger charge is 2.19. The maximum atomic E-state index is 13.4. The molecule has 5 rings (SSSR count). The van der Waals surface area contributed by atoms with E-state index < -0.39 is 5.91 Å². The minimum atomic E-state index is -0.443. The molecule has 0 atom stereocenters. The first-order valence-electron chi connectivity index (χ1n) is 10.7. The van der Waals surface area contributed by atoms with E-state index in [0.717, 1.165) is 11.3 Å². The minimum Gasteiger partial charge on any atom is -0.305 e. The number of aromatic nitrogens is 4. The molecular formula is C26H20ClN5O2. The van der Waals surface area contributed by atoms with Gasteiger partial charge in [-0.15, -0.1) is 0 Å². The third-order valence-corrected chi connectivity index (χ3v) is 5.62. The van der Waals surface area contributed by atoms with Gasteiger partial charge in [0.1, 0.15) is 5.82 Å². The number of fused-ring (bicyclic) bond motifs is 1. The van der Waals surface area contributed by atoms with Gasteiger partial charge < -0.3 is 5.32 Å². The smallest absolute Gasteiger partial charge is 0.277 e. The maximum Gasteiger partial charge on any atom is 0.277 e. The Labute approximate surface area is 200 Å². The highest BCUT2D eigenvalue weighted by Crippen LogP contribution is 2.22. The molecule has 0 fully saturated rings. The fourth-order valence-electron chi connectivity index (χ4n) is 3.84. The Hall–Kier alpha value is -4.23. The van der Waals surface area contributed by atoms with Crippen molar-refractivity contribution in [2.45, 2.75) is 13.5 Å². The topological polar surface area (TPSA) is 81.8 Å². The summed E-state index contributed by atoms with van der Waals surface area (Å²) in [5, 5.41) is 13.3. The van der Waals surface area contributed by atoms with Gasteiger partial charge in [-0.05, 0) is 36.8 Å². The van der Waals surface area contributed by atoms with Gasteiger partial charge in [0, 0.05) is 16.5 Å². The average molecular weight is 470 g/mol. The third kappa shape index (κ3) is 4.21. The second-order valence-electron chi connectivity index (χ2n) is 7.86. The van der Waals surface area contributed by atoms with Crippen LogP contribution in [0.4, 0.5) is 5.82 Å². The maximum absolute atomic E-state index is 13.4. The Balaban J connectivity index is 1.57. The predicted molar refractivity (Wildman–Crippen MR) is 133 cm³/mol. The standard InChI is InChI=1S/C26H20ClN5O2/c1-17-14-23(32(29-17)20-11-7-10-19(27)15-20)28-25(33)24-21-12-5-6-13-22(21)26(34)31(30-24)16-18-8-3-2-4-9-18/h2-15H,16H2,1H3,(H,28,33). The molecule has 3 aromatic carbocycles. The number of benzene rings is 3. The zero-order chi connectivity index (χ0) is 23.7. The molecule has 0 radical (unpaired) electrons. The van der Waals surface area contributed by atoms with E-state index in [1.807, 2.05) is 49.4 Å². The number of amides is 1. The van der Waals surface area contributed by atoms with Crippen LogP contribution in [-0.2, 0) is 6.54 Å². The lowest BCUT2D eigenvalue weighted by Gasteiger charge is -2.12. The number of hydrogen-bond acceptors (Lipinski definition) is 4. The molecule has 7 nitrogen and oxygen atoms in total. The van der Waals surface area contributed by atoms with Crippen LogP contribution in [0.15, 0.2) is 89.7 Å². The number of carbonyl (C=O) groups excluding carboxylic acids is 1. The largest absolute Gasteiger partial charge is 0.305 e. The second kappa shape index (κ2) is 8.96. The number of halogens is 1. The zero-order valence-electron chi connectivity index (χ0n) is 18.3. The van der Waals surface area contributed by atoms with Crippen LogP contribution < -0.4 is 10.9 Å².